The number of carbonyl (C=O) groups excluding carboxylic acids is 2. The molecule has 0 aliphatic heterocycles. The lowest BCUT2D eigenvalue weighted by atomic mass is 10.2. The number of amides is 2. The van der Waals surface area contributed by atoms with Crippen LogP contribution in [0.15, 0.2) is 78.9 Å². The van der Waals surface area contributed by atoms with Crippen molar-refractivity contribution in [2.24, 2.45) is 5.73 Å². The van der Waals surface area contributed by atoms with E-state index in [0.717, 1.165) is 0 Å². The van der Waals surface area contributed by atoms with Gasteiger partial charge in [0.25, 0.3) is 5.91 Å². The molecule has 3 N–H and O–H groups in total. The monoisotopic (exact) mass is 362 g/mol. The van der Waals surface area contributed by atoms with E-state index in [9.17, 15) is 9.59 Å². The molecule has 0 radical (unpaired) electrons. The van der Waals surface area contributed by atoms with Crippen molar-refractivity contribution in [2.45, 2.75) is 0 Å². The second kappa shape index (κ2) is 8.53. The van der Waals surface area contributed by atoms with E-state index in [4.69, 9.17) is 15.2 Å². The highest BCUT2D eigenvalue weighted by molar-refractivity contribution is 5.94. The van der Waals surface area contributed by atoms with E-state index in [2.05, 4.69) is 5.32 Å². The smallest absolute Gasteiger partial charge is 0.262 e. The predicted molar refractivity (Wildman–Crippen MR) is 102 cm³/mol. The van der Waals surface area contributed by atoms with Crippen LogP contribution in [0.2, 0.25) is 0 Å². The minimum absolute atomic E-state index is 0.185. The average molecular weight is 362 g/mol. The van der Waals surface area contributed by atoms with Crippen LogP contribution >= 0.6 is 0 Å². The summed E-state index contributed by atoms with van der Waals surface area (Å²) in [5, 5.41) is 2.77. The molecule has 0 heterocycles. The van der Waals surface area contributed by atoms with Gasteiger partial charge in [0.1, 0.15) is 11.5 Å². The van der Waals surface area contributed by atoms with Crippen LogP contribution < -0.4 is 20.5 Å². The SMILES string of the molecule is NC(=O)c1ccc(OCC(=O)Nc2ccccc2Oc2ccccc2)cc1. The second-order valence-corrected chi connectivity index (χ2v) is 5.64. The number of hydrogen-bond acceptors (Lipinski definition) is 4. The van der Waals surface area contributed by atoms with Crippen LogP contribution in [0.4, 0.5) is 5.69 Å². The van der Waals surface area contributed by atoms with Crippen molar-refractivity contribution in [2.75, 3.05) is 11.9 Å². The van der Waals surface area contributed by atoms with Crippen molar-refractivity contribution in [1.29, 1.82) is 0 Å². The molecule has 0 saturated carbocycles. The molecule has 3 rings (SSSR count). The first-order valence-corrected chi connectivity index (χ1v) is 8.26. The number of nitrogens with one attached hydrogen (secondary N) is 1. The number of carbonyl (C=O) groups is 2. The van der Waals surface area contributed by atoms with Crippen molar-refractivity contribution in [3.8, 4) is 17.2 Å². The van der Waals surface area contributed by atoms with Gasteiger partial charge in [-0.2, -0.15) is 0 Å². The van der Waals surface area contributed by atoms with Gasteiger partial charge in [-0.15, -0.1) is 0 Å². The van der Waals surface area contributed by atoms with Gasteiger partial charge < -0.3 is 20.5 Å². The molecule has 27 heavy (non-hydrogen) atoms. The van der Waals surface area contributed by atoms with Gasteiger partial charge in [-0.05, 0) is 48.5 Å². The molecule has 0 atom stereocenters. The molecule has 2 amide bonds. The van der Waals surface area contributed by atoms with Gasteiger partial charge in [-0.25, -0.2) is 0 Å². The highest BCUT2D eigenvalue weighted by atomic mass is 16.5. The molecular weight excluding hydrogens is 344 g/mol. The van der Waals surface area contributed by atoms with E-state index in [0.29, 0.717) is 28.5 Å². The quantitative estimate of drug-likeness (QED) is 0.672. The third-order valence-electron chi connectivity index (χ3n) is 3.64. The van der Waals surface area contributed by atoms with Crippen LogP contribution in [0.3, 0.4) is 0 Å². The van der Waals surface area contributed by atoms with Crippen molar-refractivity contribution < 1.29 is 19.1 Å². The van der Waals surface area contributed by atoms with E-state index in [1.54, 1.807) is 42.5 Å². The maximum Gasteiger partial charge on any atom is 0.262 e. The Kier molecular flexibility index (Phi) is 5.69. The number of hydrogen-bond donors (Lipinski definition) is 2. The summed E-state index contributed by atoms with van der Waals surface area (Å²) >= 11 is 0. The first-order chi connectivity index (χ1) is 13.1. The van der Waals surface area contributed by atoms with Gasteiger partial charge in [0.05, 0.1) is 5.69 Å². The lowest BCUT2D eigenvalue weighted by Crippen LogP contribution is -2.20. The third kappa shape index (κ3) is 5.09. The van der Waals surface area contributed by atoms with Gasteiger partial charge in [0, 0.05) is 5.56 Å². The molecule has 0 spiro atoms. The van der Waals surface area contributed by atoms with E-state index < -0.39 is 5.91 Å². The molecule has 0 unspecified atom stereocenters. The predicted octanol–water partition coefficient (Wildman–Crippen LogP) is 3.60. The topological polar surface area (TPSA) is 90.7 Å². The zero-order valence-corrected chi connectivity index (χ0v) is 14.4. The van der Waals surface area contributed by atoms with Gasteiger partial charge in [-0.1, -0.05) is 30.3 Å². The fourth-order valence-corrected chi connectivity index (χ4v) is 2.33. The molecule has 0 aromatic heterocycles. The van der Waals surface area contributed by atoms with Crippen LogP contribution in [0.1, 0.15) is 10.4 Å². The summed E-state index contributed by atoms with van der Waals surface area (Å²) in [6, 6.07) is 22.7. The number of anilines is 1. The van der Waals surface area contributed by atoms with Gasteiger partial charge >= 0.3 is 0 Å². The Hall–Kier alpha value is -3.80. The first kappa shape index (κ1) is 18.0. The van der Waals surface area contributed by atoms with E-state index in [1.807, 2.05) is 36.4 Å². The highest BCUT2D eigenvalue weighted by Gasteiger charge is 2.09. The summed E-state index contributed by atoms with van der Waals surface area (Å²) in [6.07, 6.45) is 0. The van der Waals surface area contributed by atoms with E-state index >= 15 is 0 Å². The zero-order valence-electron chi connectivity index (χ0n) is 14.4. The molecule has 0 bridgehead atoms. The van der Waals surface area contributed by atoms with E-state index in [-0.39, 0.29) is 12.5 Å². The second-order valence-electron chi connectivity index (χ2n) is 5.64. The van der Waals surface area contributed by atoms with Crippen molar-refractivity contribution in [3.63, 3.8) is 0 Å². The largest absolute Gasteiger partial charge is 0.484 e. The molecule has 0 saturated heterocycles. The fraction of sp³-hybridized carbons (Fsp3) is 0.0476. The number of nitrogens with two attached hydrogens (primary N) is 1. The van der Waals surface area contributed by atoms with Crippen molar-refractivity contribution >= 4 is 17.5 Å². The molecule has 0 aliphatic carbocycles. The Morgan fingerprint density at radius 3 is 2.19 bits per heavy atom. The summed E-state index contributed by atoms with van der Waals surface area (Å²) in [7, 11) is 0. The number of para-hydroxylation sites is 3. The fourth-order valence-electron chi connectivity index (χ4n) is 2.33. The zero-order chi connectivity index (χ0) is 19.1. The Bertz CT molecular complexity index is 924. The number of benzene rings is 3. The van der Waals surface area contributed by atoms with Gasteiger partial charge in [0.15, 0.2) is 12.4 Å². The molecule has 0 fully saturated rings. The number of primary amides is 1. The van der Waals surface area contributed by atoms with E-state index in [1.165, 1.54) is 0 Å². The molecule has 136 valence electrons. The molecule has 6 nitrogen and oxygen atoms in total. The van der Waals surface area contributed by atoms with Crippen LogP contribution in [-0.2, 0) is 4.79 Å². The highest BCUT2D eigenvalue weighted by Crippen LogP contribution is 2.29. The molecular formula is C21H18N2O4. The van der Waals surface area contributed by atoms with Gasteiger partial charge in [-0.3, -0.25) is 9.59 Å². The molecule has 6 heteroatoms. The lowest BCUT2D eigenvalue weighted by molar-refractivity contribution is -0.118. The standard InChI is InChI=1S/C21H18N2O4/c22-21(25)15-10-12-16(13-11-15)26-14-20(24)23-18-8-4-5-9-19(18)27-17-6-2-1-3-7-17/h1-13H,14H2,(H2,22,25)(H,23,24). The van der Waals surface area contributed by atoms with Crippen molar-refractivity contribution in [1.82, 2.24) is 0 Å². The summed E-state index contributed by atoms with van der Waals surface area (Å²) in [6.45, 7) is -0.185. The Morgan fingerprint density at radius 1 is 0.815 bits per heavy atom. The van der Waals surface area contributed by atoms with Crippen LogP contribution in [-0.4, -0.2) is 18.4 Å². The minimum atomic E-state index is -0.519. The Morgan fingerprint density at radius 2 is 1.48 bits per heavy atom. The lowest BCUT2D eigenvalue weighted by Gasteiger charge is -2.12. The normalized spacial score (nSPS) is 10.1. The molecule has 3 aromatic carbocycles. The maximum absolute atomic E-state index is 12.2. The summed E-state index contributed by atoms with van der Waals surface area (Å²) in [5.74, 6) is 0.809. The van der Waals surface area contributed by atoms with Crippen LogP contribution in [0.5, 0.6) is 17.2 Å². The number of ether oxygens (including phenoxy) is 2. The van der Waals surface area contributed by atoms with Crippen LogP contribution in [0, 0.1) is 0 Å². The number of rotatable bonds is 7. The summed E-state index contributed by atoms with van der Waals surface area (Å²) in [4.78, 5) is 23.2. The maximum atomic E-state index is 12.2. The average Bonchev–Trinajstić information content (AvgIpc) is 2.69. The summed E-state index contributed by atoms with van der Waals surface area (Å²) < 4.78 is 11.2. The molecule has 3 aromatic rings. The van der Waals surface area contributed by atoms with Crippen LogP contribution in [0.25, 0.3) is 0 Å². The Balaban J connectivity index is 1.60. The van der Waals surface area contributed by atoms with Gasteiger partial charge in [0.2, 0.25) is 5.91 Å². The first-order valence-electron chi connectivity index (χ1n) is 8.26. The minimum Gasteiger partial charge on any atom is -0.484 e. The Labute approximate surface area is 156 Å². The van der Waals surface area contributed by atoms with Crippen molar-refractivity contribution in [3.05, 3.63) is 84.4 Å². The molecule has 0 aliphatic rings. The third-order valence-corrected chi connectivity index (χ3v) is 3.64. The summed E-state index contributed by atoms with van der Waals surface area (Å²) in [5.41, 5.74) is 6.10.